The van der Waals surface area contributed by atoms with Crippen molar-refractivity contribution in [1.82, 2.24) is 0 Å². The fraction of sp³-hybridized carbons (Fsp3) is 0.545. The summed E-state index contributed by atoms with van der Waals surface area (Å²) in [6.45, 7) is 5.93. The Morgan fingerprint density at radius 1 is 1.54 bits per heavy atom. The predicted octanol–water partition coefficient (Wildman–Crippen LogP) is 2.76. The van der Waals surface area contributed by atoms with E-state index in [1.165, 1.54) is 5.57 Å². The molecule has 1 aliphatic carbocycles. The van der Waals surface area contributed by atoms with E-state index in [2.05, 4.69) is 12.7 Å². The van der Waals surface area contributed by atoms with E-state index in [9.17, 15) is 4.79 Å². The SMILES string of the molecule is C=C1/C=C(/C)CC[C@@H](C(=O)O)CC1. The lowest BCUT2D eigenvalue weighted by Gasteiger charge is -2.15. The maximum Gasteiger partial charge on any atom is 0.306 e. The van der Waals surface area contributed by atoms with Crippen molar-refractivity contribution in [2.45, 2.75) is 32.6 Å². The summed E-state index contributed by atoms with van der Waals surface area (Å²) in [6.07, 6.45) is 5.28. The van der Waals surface area contributed by atoms with Gasteiger partial charge in [-0.05, 0) is 32.6 Å². The topological polar surface area (TPSA) is 37.3 Å². The summed E-state index contributed by atoms with van der Waals surface area (Å²) in [5.74, 6) is -0.845. The summed E-state index contributed by atoms with van der Waals surface area (Å²) >= 11 is 0. The van der Waals surface area contributed by atoms with Crippen LogP contribution in [0.1, 0.15) is 32.6 Å². The van der Waals surface area contributed by atoms with Crippen molar-refractivity contribution >= 4 is 5.97 Å². The van der Waals surface area contributed by atoms with Crippen LogP contribution < -0.4 is 0 Å². The second-order valence-corrected chi connectivity index (χ2v) is 3.76. The summed E-state index contributed by atoms with van der Waals surface area (Å²) in [4.78, 5) is 10.8. The molecule has 13 heavy (non-hydrogen) atoms. The van der Waals surface area contributed by atoms with Crippen molar-refractivity contribution in [3.63, 3.8) is 0 Å². The van der Waals surface area contributed by atoms with Gasteiger partial charge in [0.15, 0.2) is 0 Å². The van der Waals surface area contributed by atoms with Crippen LogP contribution in [-0.4, -0.2) is 11.1 Å². The molecule has 0 unspecified atom stereocenters. The number of carbonyl (C=O) groups is 1. The molecule has 0 heterocycles. The molecule has 1 aliphatic rings. The normalized spacial score (nSPS) is 28.5. The molecule has 1 N–H and O–H groups in total. The summed E-state index contributed by atoms with van der Waals surface area (Å²) < 4.78 is 0. The Morgan fingerprint density at radius 2 is 2.15 bits per heavy atom. The van der Waals surface area contributed by atoms with E-state index in [1.807, 2.05) is 6.92 Å². The second-order valence-electron chi connectivity index (χ2n) is 3.76. The molecule has 0 aromatic carbocycles. The van der Waals surface area contributed by atoms with E-state index in [0.29, 0.717) is 0 Å². The first-order valence-electron chi connectivity index (χ1n) is 4.67. The molecular weight excluding hydrogens is 164 g/mol. The van der Waals surface area contributed by atoms with E-state index < -0.39 is 5.97 Å². The van der Waals surface area contributed by atoms with Crippen LogP contribution in [0.5, 0.6) is 0 Å². The monoisotopic (exact) mass is 180 g/mol. The van der Waals surface area contributed by atoms with Crippen LogP contribution in [-0.2, 0) is 4.79 Å². The average molecular weight is 180 g/mol. The van der Waals surface area contributed by atoms with Gasteiger partial charge in [0.05, 0.1) is 5.92 Å². The fourth-order valence-corrected chi connectivity index (χ4v) is 1.65. The van der Waals surface area contributed by atoms with E-state index in [0.717, 1.165) is 31.3 Å². The van der Waals surface area contributed by atoms with Gasteiger partial charge in [0, 0.05) is 0 Å². The van der Waals surface area contributed by atoms with E-state index in [1.54, 1.807) is 0 Å². The highest BCUT2D eigenvalue weighted by atomic mass is 16.4. The summed E-state index contributed by atoms with van der Waals surface area (Å²) in [5, 5.41) is 8.88. The zero-order valence-corrected chi connectivity index (χ0v) is 8.05. The first-order chi connectivity index (χ1) is 6.09. The lowest BCUT2D eigenvalue weighted by Crippen LogP contribution is -2.14. The fourth-order valence-electron chi connectivity index (χ4n) is 1.65. The third-order valence-corrected chi connectivity index (χ3v) is 2.50. The third kappa shape index (κ3) is 3.05. The minimum absolute atomic E-state index is 0.180. The first-order valence-corrected chi connectivity index (χ1v) is 4.67. The number of hydrogen-bond acceptors (Lipinski definition) is 1. The summed E-state index contributed by atoms with van der Waals surface area (Å²) in [6, 6.07) is 0. The molecule has 0 aromatic heterocycles. The Bertz CT molecular complexity index is 251. The van der Waals surface area contributed by atoms with E-state index >= 15 is 0 Å². The van der Waals surface area contributed by atoms with Gasteiger partial charge < -0.3 is 5.11 Å². The van der Waals surface area contributed by atoms with Crippen LogP contribution in [0.3, 0.4) is 0 Å². The molecule has 2 nitrogen and oxygen atoms in total. The zero-order valence-electron chi connectivity index (χ0n) is 8.05. The van der Waals surface area contributed by atoms with Crippen LogP contribution in [0.4, 0.5) is 0 Å². The maximum absolute atomic E-state index is 10.8. The van der Waals surface area contributed by atoms with E-state index in [4.69, 9.17) is 5.11 Å². The van der Waals surface area contributed by atoms with Crippen molar-refractivity contribution in [2.75, 3.05) is 0 Å². The van der Waals surface area contributed by atoms with Gasteiger partial charge in [-0.25, -0.2) is 0 Å². The second kappa shape index (κ2) is 4.26. The van der Waals surface area contributed by atoms with Gasteiger partial charge in [-0.15, -0.1) is 0 Å². The molecule has 0 radical (unpaired) electrons. The number of rotatable bonds is 1. The molecule has 1 rings (SSSR count). The van der Waals surface area contributed by atoms with Crippen molar-refractivity contribution < 1.29 is 9.90 Å². The number of hydrogen-bond donors (Lipinski definition) is 1. The highest BCUT2D eigenvalue weighted by Gasteiger charge is 2.18. The van der Waals surface area contributed by atoms with Gasteiger partial charge in [0.1, 0.15) is 0 Å². The highest BCUT2D eigenvalue weighted by Crippen LogP contribution is 2.24. The van der Waals surface area contributed by atoms with Crippen LogP contribution in [0.2, 0.25) is 0 Å². The number of allylic oxidation sites excluding steroid dienone is 3. The molecular formula is C11H16O2. The Morgan fingerprint density at radius 3 is 2.77 bits per heavy atom. The largest absolute Gasteiger partial charge is 0.481 e. The lowest BCUT2D eigenvalue weighted by atomic mass is 9.90. The average Bonchev–Trinajstić information content (AvgIpc) is 2.00. The van der Waals surface area contributed by atoms with Gasteiger partial charge >= 0.3 is 5.97 Å². The predicted molar refractivity (Wildman–Crippen MR) is 52.5 cm³/mol. The maximum atomic E-state index is 10.8. The first kappa shape index (κ1) is 10.0. The summed E-state index contributed by atoms with van der Waals surface area (Å²) in [7, 11) is 0. The Kier molecular flexibility index (Phi) is 3.29. The molecule has 0 bridgehead atoms. The Balaban J connectivity index is 2.65. The van der Waals surface area contributed by atoms with Gasteiger partial charge in [-0.1, -0.05) is 23.8 Å². The Hall–Kier alpha value is -1.05. The van der Waals surface area contributed by atoms with Crippen molar-refractivity contribution in [1.29, 1.82) is 0 Å². The molecule has 0 saturated carbocycles. The molecule has 0 fully saturated rings. The van der Waals surface area contributed by atoms with Crippen LogP contribution >= 0.6 is 0 Å². The molecule has 0 aliphatic heterocycles. The number of aliphatic carboxylic acids is 1. The molecule has 0 spiro atoms. The van der Waals surface area contributed by atoms with Crippen LogP contribution in [0.25, 0.3) is 0 Å². The molecule has 0 amide bonds. The molecule has 0 saturated heterocycles. The highest BCUT2D eigenvalue weighted by molar-refractivity contribution is 5.70. The minimum Gasteiger partial charge on any atom is -0.481 e. The quantitative estimate of drug-likeness (QED) is 0.673. The minimum atomic E-state index is -0.664. The van der Waals surface area contributed by atoms with Gasteiger partial charge in [-0.2, -0.15) is 0 Å². The van der Waals surface area contributed by atoms with Crippen molar-refractivity contribution in [2.24, 2.45) is 5.92 Å². The summed E-state index contributed by atoms with van der Waals surface area (Å²) in [5.41, 5.74) is 2.31. The van der Waals surface area contributed by atoms with Crippen molar-refractivity contribution in [3.05, 3.63) is 23.8 Å². The number of carboxylic acids is 1. The van der Waals surface area contributed by atoms with Crippen LogP contribution in [0.15, 0.2) is 23.8 Å². The van der Waals surface area contributed by atoms with Gasteiger partial charge in [0.2, 0.25) is 0 Å². The standard InChI is InChI=1S/C11H16O2/c1-8-3-5-10(11(12)13)6-4-9(2)7-8/h7,10H,1,3-6H2,2H3,(H,12,13)/b9-7-/t10-/m0/s1. The van der Waals surface area contributed by atoms with Crippen LogP contribution in [0, 0.1) is 5.92 Å². The molecule has 0 aromatic rings. The molecule has 1 atom stereocenters. The number of carboxylic acid groups (broad SMARTS) is 1. The van der Waals surface area contributed by atoms with Gasteiger partial charge in [-0.3, -0.25) is 4.79 Å². The lowest BCUT2D eigenvalue weighted by molar-refractivity contribution is -0.142. The zero-order chi connectivity index (χ0) is 9.84. The smallest absolute Gasteiger partial charge is 0.306 e. The Labute approximate surface area is 79.0 Å². The van der Waals surface area contributed by atoms with Gasteiger partial charge in [0.25, 0.3) is 0 Å². The molecule has 2 heteroatoms. The third-order valence-electron chi connectivity index (χ3n) is 2.50. The molecule has 72 valence electrons. The van der Waals surface area contributed by atoms with E-state index in [-0.39, 0.29) is 5.92 Å². The van der Waals surface area contributed by atoms with Crippen molar-refractivity contribution in [3.8, 4) is 0 Å².